The van der Waals surface area contributed by atoms with Crippen molar-refractivity contribution in [2.24, 2.45) is 0 Å². The number of para-hydroxylation sites is 2. The molecule has 0 aliphatic carbocycles. The van der Waals surface area contributed by atoms with Crippen molar-refractivity contribution < 1.29 is 0 Å². The molecule has 0 unspecified atom stereocenters. The minimum atomic E-state index is -0.0245. The highest BCUT2D eigenvalue weighted by Crippen LogP contribution is 2.22. The number of thioether (sulfide) groups is 1. The summed E-state index contributed by atoms with van der Waals surface area (Å²) in [6.45, 7) is 6.42. The first-order valence-electron chi connectivity index (χ1n) is 9.55. The molecule has 3 aromatic rings. The van der Waals surface area contributed by atoms with E-state index in [2.05, 4.69) is 32.9 Å². The van der Waals surface area contributed by atoms with Crippen LogP contribution in [0.1, 0.15) is 33.6 Å². The molecule has 0 amide bonds. The summed E-state index contributed by atoms with van der Waals surface area (Å²) in [5.74, 6) is 0.790. The van der Waals surface area contributed by atoms with Crippen LogP contribution in [0.3, 0.4) is 0 Å². The van der Waals surface area contributed by atoms with Gasteiger partial charge in [-0.05, 0) is 57.9 Å². The molecule has 0 atom stereocenters. The van der Waals surface area contributed by atoms with Crippen molar-refractivity contribution in [3.05, 3.63) is 88.2 Å². The normalized spacial score (nSPS) is 11.6. The van der Waals surface area contributed by atoms with Crippen LogP contribution < -0.4 is 5.56 Å². The van der Waals surface area contributed by atoms with E-state index in [-0.39, 0.29) is 5.56 Å². The van der Waals surface area contributed by atoms with Gasteiger partial charge in [-0.15, -0.1) is 0 Å². The predicted octanol–water partition coefficient (Wildman–Crippen LogP) is 6.17. The SMILES string of the molecule is CC(C)=CCC/C(C)=C/CSc1nc2ccccc2c(=O)n1-c1ccccc1. The Morgan fingerprint density at radius 2 is 1.71 bits per heavy atom. The number of benzene rings is 2. The van der Waals surface area contributed by atoms with Gasteiger partial charge in [-0.25, -0.2) is 4.98 Å². The van der Waals surface area contributed by atoms with Crippen LogP contribution in [0.25, 0.3) is 16.6 Å². The highest BCUT2D eigenvalue weighted by Gasteiger charge is 2.12. The lowest BCUT2D eigenvalue weighted by molar-refractivity contribution is 0.821. The Kier molecular flexibility index (Phi) is 6.88. The predicted molar refractivity (Wildman–Crippen MR) is 120 cm³/mol. The fourth-order valence-corrected chi connectivity index (χ4v) is 3.96. The van der Waals surface area contributed by atoms with Gasteiger partial charge in [0, 0.05) is 5.75 Å². The number of allylic oxidation sites excluding steroid dienone is 3. The molecule has 0 radical (unpaired) electrons. The Bertz CT molecular complexity index is 1060. The van der Waals surface area contributed by atoms with E-state index >= 15 is 0 Å². The van der Waals surface area contributed by atoms with E-state index in [9.17, 15) is 4.79 Å². The maximum atomic E-state index is 13.1. The second kappa shape index (κ2) is 9.56. The lowest BCUT2D eigenvalue weighted by Crippen LogP contribution is -2.21. The van der Waals surface area contributed by atoms with E-state index in [0.29, 0.717) is 5.39 Å². The highest BCUT2D eigenvalue weighted by molar-refractivity contribution is 7.99. The van der Waals surface area contributed by atoms with E-state index in [1.807, 2.05) is 54.6 Å². The van der Waals surface area contributed by atoms with Crippen LogP contribution in [-0.4, -0.2) is 15.3 Å². The fourth-order valence-electron chi connectivity index (χ4n) is 2.96. The van der Waals surface area contributed by atoms with E-state index in [1.54, 1.807) is 16.3 Å². The smallest absolute Gasteiger partial charge is 0.266 e. The van der Waals surface area contributed by atoms with Crippen LogP contribution in [0.2, 0.25) is 0 Å². The van der Waals surface area contributed by atoms with Gasteiger partial charge < -0.3 is 0 Å². The molecule has 3 nitrogen and oxygen atoms in total. The summed E-state index contributed by atoms with van der Waals surface area (Å²) < 4.78 is 1.72. The molecule has 0 saturated heterocycles. The molecule has 0 bridgehead atoms. The largest absolute Gasteiger partial charge is 0.268 e. The zero-order valence-electron chi connectivity index (χ0n) is 16.7. The van der Waals surface area contributed by atoms with Crippen molar-refractivity contribution in [3.8, 4) is 5.69 Å². The summed E-state index contributed by atoms with van der Waals surface area (Å²) in [6, 6.07) is 17.3. The Balaban J connectivity index is 1.90. The average molecular weight is 391 g/mol. The molecule has 3 rings (SSSR count). The van der Waals surface area contributed by atoms with Gasteiger partial charge in [0.1, 0.15) is 0 Å². The molecule has 0 fully saturated rings. The van der Waals surface area contributed by atoms with Gasteiger partial charge in [0.15, 0.2) is 5.16 Å². The summed E-state index contributed by atoms with van der Waals surface area (Å²) in [7, 11) is 0. The third-order valence-corrected chi connectivity index (χ3v) is 5.36. The van der Waals surface area contributed by atoms with E-state index in [1.165, 1.54) is 11.1 Å². The van der Waals surface area contributed by atoms with Crippen molar-refractivity contribution in [1.29, 1.82) is 0 Å². The number of nitrogens with zero attached hydrogens (tertiary/aromatic N) is 2. The van der Waals surface area contributed by atoms with Crippen LogP contribution >= 0.6 is 11.8 Å². The first-order chi connectivity index (χ1) is 13.6. The lowest BCUT2D eigenvalue weighted by Gasteiger charge is -2.12. The molecule has 0 saturated carbocycles. The van der Waals surface area contributed by atoms with Gasteiger partial charge in [-0.2, -0.15) is 0 Å². The topological polar surface area (TPSA) is 34.9 Å². The number of rotatable bonds is 7. The monoisotopic (exact) mass is 390 g/mol. The first kappa shape index (κ1) is 20.2. The second-order valence-corrected chi connectivity index (χ2v) is 8.06. The van der Waals surface area contributed by atoms with Crippen molar-refractivity contribution in [2.75, 3.05) is 5.75 Å². The average Bonchev–Trinajstić information content (AvgIpc) is 2.68. The Morgan fingerprint density at radius 3 is 2.46 bits per heavy atom. The number of fused-ring (bicyclic) bond motifs is 1. The quantitative estimate of drug-likeness (QED) is 0.275. The highest BCUT2D eigenvalue weighted by atomic mass is 32.2. The number of aromatic nitrogens is 2. The van der Waals surface area contributed by atoms with Crippen LogP contribution in [0, 0.1) is 0 Å². The van der Waals surface area contributed by atoms with Gasteiger partial charge >= 0.3 is 0 Å². The van der Waals surface area contributed by atoms with Gasteiger partial charge in [-0.3, -0.25) is 9.36 Å². The molecular weight excluding hydrogens is 364 g/mol. The molecule has 4 heteroatoms. The maximum absolute atomic E-state index is 13.1. The minimum absolute atomic E-state index is 0.0245. The van der Waals surface area contributed by atoms with Crippen LogP contribution in [0.4, 0.5) is 0 Å². The standard InChI is InChI=1S/C24H26N2OS/c1-18(2)10-9-11-19(3)16-17-28-24-25-22-15-8-7-14-21(22)23(27)26(24)20-12-5-4-6-13-20/h4-8,10,12-16H,9,11,17H2,1-3H3/b19-16+. The first-order valence-corrected chi connectivity index (χ1v) is 10.5. The molecule has 0 N–H and O–H groups in total. The molecule has 0 aliphatic rings. The summed E-state index contributed by atoms with van der Waals surface area (Å²) in [5, 5.41) is 1.37. The third kappa shape index (κ3) is 5.02. The summed E-state index contributed by atoms with van der Waals surface area (Å²) in [5.41, 5.74) is 4.28. The fraction of sp³-hybridized carbons (Fsp3) is 0.250. The molecule has 0 aliphatic heterocycles. The Hall–Kier alpha value is -2.59. The zero-order chi connectivity index (χ0) is 19.9. The number of hydrogen-bond donors (Lipinski definition) is 0. The molecular formula is C24H26N2OS. The molecule has 1 heterocycles. The zero-order valence-corrected chi connectivity index (χ0v) is 17.5. The van der Waals surface area contributed by atoms with Crippen molar-refractivity contribution in [3.63, 3.8) is 0 Å². The van der Waals surface area contributed by atoms with Crippen molar-refractivity contribution >= 4 is 22.7 Å². The molecule has 28 heavy (non-hydrogen) atoms. The van der Waals surface area contributed by atoms with Crippen molar-refractivity contribution in [1.82, 2.24) is 9.55 Å². The van der Waals surface area contributed by atoms with Gasteiger partial charge in [0.2, 0.25) is 0 Å². The Morgan fingerprint density at radius 1 is 1.00 bits per heavy atom. The third-order valence-electron chi connectivity index (χ3n) is 4.49. The Labute approximate surface area is 170 Å². The van der Waals surface area contributed by atoms with Crippen LogP contribution in [0.5, 0.6) is 0 Å². The van der Waals surface area contributed by atoms with Crippen LogP contribution in [-0.2, 0) is 0 Å². The summed E-state index contributed by atoms with van der Waals surface area (Å²) in [6.07, 6.45) is 6.63. The molecule has 1 aromatic heterocycles. The van der Waals surface area contributed by atoms with Gasteiger partial charge in [0.25, 0.3) is 5.56 Å². The van der Waals surface area contributed by atoms with E-state index in [4.69, 9.17) is 4.98 Å². The number of hydrogen-bond acceptors (Lipinski definition) is 3. The molecule has 0 spiro atoms. The second-order valence-electron chi connectivity index (χ2n) is 7.07. The molecule has 144 valence electrons. The summed E-state index contributed by atoms with van der Waals surface area (Å²) in [4.78, 5) is 17.9. The van der Waals surface area contributed by atoms with Gasteiger partial charge in [-0.1, -0.05) is 65.4 Å². The van der Waals surface area contributed by atoms with Crippen LogP contribution in [0.15, 0.2) is 87.8 Å². The van der Waals surface area contributed by atoms with Gasteiger partial charge in [0.05, 0.1) is 16.6 Å². The van der Waals surface area contributed by atoms with Crippen molar-refractivity contribution in [2.45, 2.75) is 38.8 Å². The molecule has 2 aromatic carbocycles. The minimum Gasteiger partial charge on any atom is -0.268 e. The lowest BCUT2D eigenvalue weighted by atomic mass is 10.1. The van der Waals surface area contributed by atoms with E-state index in [0.717, 1.165) is 35.0 Å². The summed E-state index contributed by atoms with van der Waals surface area (Å²) >= 11 is 1.60. The maximum Gasteiger partial charge on any atom is 0.266 e. The van der Waals surface area contributed by atoms with E-state index < -0.39 is 0 Å².